The molecular weight excluding hydrogens is 335 g/mol. The smallest absolute Gasteiger partial charge is 0.127 e. The fourth-order valence-electron chi connectivity index (χ4n) is 2.32. The number of para-hydroxylation sites is 2. The third-order valence-corrected chi connectivity index (χ3v) is 4.80. The van der Waals surface area contributed by atoms with Crippen molar-refractivity contribution in [3.05, 3.63) is 121 Å². The summed E-state index contributed by atoms with van der Waals surface area (Å²) < 4.78 is 5.58. The van der Waals surface area contributed by atoms with Crippen LogP contribution in [0.4, 0.5) is 0 Å². The van der Waals surface area contributed by atoms with Crippen molar-refractivity contribution < 1.29 is 4.74 Å². The maximum Gasteiger partial charge on any atom is 0.127 e. The summed E-state index contributed by atoms with van der Waals surface area (Å²) >= 11 is 0. The predicted octanol–water partition coefficient (Wildman–Crippen LogP) is 5.79. The molecule has 0 heterocycles. The molecule has 2 heteroatoms. The molecule has 0 amide bonds. The minimum Gasteiger partial charge on any atom is -0.457 e. The molecule has 0 radical (unpaired) electrons. The quantitative estimate of drug-likeness (QED) is 0.420. The van der Waals surface area contributed by atoms with Crippen LogP contribution in [0.1, 0.15) is 0 Å². The Morgan fingerprint density at radius 1 is 0.385 bits per heavy atom. The van der Waals surface area contributed by atoms with E-state index in [1.54, 1.807) is 0 Å². The lowest BCUT2D eigenvalue weighted by atomic mass is 10.3. The van der Waals surface area contributed by atoms with E-state index in [0.29, 0.717) is 0 Å². The summed E-state index contributed by atoms with van der Waals surface area (Å²) in [5.41, 5.74) is 0. The SMILES string of the molecule is c1ccc(Oc2ccccc2)cc1.c1ccc(Pc2ccccc2)cc1. The van der Waals surface area contributed by atoms with Gasteiger partial charge in [0.15, 0.2) is 0 Å². The molecule has 26 heavy (non-hydrogen) atoms. The summed E-state index contributed by atoms with van der Waals surface area (Å²) in [4.78, 5) is 0. The molecule has 128 valence electrons. The summed E-state index contributed by atoms with van der Waals surface area (Å²) in [5.74, 6) is 1.74. The summed E-state index contributed by atoms with van der Waals surface area (Å²) in [6.45, 7) is 0. The van der Waals surface area contributed by atoms with Crippen molar-refractivity contribution in [2.45, 2.75) is 0 Å². The monoisotopic (exact) mass is 356 g/mol. The van der Waals surface area contributed by atoms with E-state index >= 15 is 0 Å². The summed E-state index contributed by atoms with van der Waals surface area (Å²) in [7, 11) is 0.777. The minimum atomic E-state index is 0.777. The van der Waals surface area contributed by atoms with Gasteiger partial charge in [-0.2, -0.15) is 0 Å². The molecule has 0 bridgehead atoms. The first-order chi connectivity index (χ1) is 12.9. The number of hydrogen-bond donors (Lipinski definition) is 0. The van der Waals surface area contributed by atoms with Gasteiger partial charge >= 0.3 is 0 Å². The molecule has 0 aliphatic heterocycles. The third kappa shape index (κ3) is 6.20. The van der Waals surface area contributed by atoms with Crippen LogP contribution < -0.4 is 15.3 Å². The molecule has 0 fully saturated rings. The number of hydrogen-bond acceptors (Lipinski definition) is 1. The van der Waals surface area contributed by atoms with E-state index < -0.39 is 0 Å². The van der Waals surface area contributed by atoms with Crippen molar-refractivity contribution in [1.82, 2.24) is 0 Å². The lowest BCUT2D eigenvalue weighted by Gasteiger charge is -2.03. The van der Waals surface area contributed by atoms with E-state index in [9.17, 15) is 0 Å². The van der Waals surface area contributed by atoms with Gasteiger partial charge in [-0.1, -0.05) is 106 Å². The van der Waals surface area contributed by atoms with Gasteiger partial charge < -0.3 is 4.74 Å². The van der Waals surface area contributed by atoms with Crippen molar-refractivity contribution in [3.63, 3.8) is 0 Å². The second-order valence-corrected chi connectivity index (χ2v) is 6.99. The first kappa shape index (κ1) is 17.9. The lowest BCUT2D eigenvalue weighted by molar-refractivity contribution is 0.482. The van der Waals surface area contributed by atoms with Crippen molar-refractivity contribution in [1.29, 1.82) is 0 Å². The highest BCUT2D eigenvalue weighted by Crippen LogP contribution is 2.19. The first-order valence-electron chi connectivity index (χ1n) is 8.55. The molecule has 0 aliphatic rings. The highest BCUT2D eigenvalue weighted by atomic mass is 31.1. The number of ether oxygens (including phenoxy) is 1. The van der Waals surface area contributed by atoms with Gasteiger partial charge in [0, 0.05) is 0 Å². The highest BCUT2D eigenvalue weighted by Gasteiger charge is 1.93. The van der Waals surface area contributed by atoms with Crippen LogP contribution >= 0.6 is 8.58 Å². The fourth-order valence-corrected chi connectivity index (χ4v) is 3.37. The third-order valence-electron chi connectivity index (χ3n) is 3.56. The summed E-state index contributed by atoms with van der Waals surface area (Å²) in [6, 6.07) is 40.7. The molecule has 1 nitrogen and oxygen atoms in total. The molecule has 0 atom stereocenters. The van der Waals surface area contributed by atoms with E-state index in [4.69, 9.17) is 4.74 Å². The van der Waals surface area contributed by atoms with Gasteiger partial charge in [0.1, 0.15) is 11.5 Å². The largest absolute Gasteiger partial charge is 0.457 e. The average Bonchev–Trinajstić information content (AvgIpc) is 2.72. The fraction of sp³-hybridized carbons (Fsp3) is 0. The first-order valence-corrected chi connectivity index (χ1v) is 9.55. The molecule has 4 aromatic rings. The predicted molar refractivity (Wildman–Crippen MR) is 113 cm³/mol. The molecule has 0 spiro atoms. The zero-order valence-corrected chi connectivity index (χ0v) is 15.5. The van der Waals surface area contributed by atoms with Gasteiger partial charge in [-0.25, -0.2) is 0 Å². The Bertz CT molecular complexity index is 711. The number of rotatable bonds is 4. The van der Waals surface area contributed by atoms with Gasteiger partial charge in [0.2, 0.25) is 0 Å². The lowest BCUT2D eigenvalue weighted by Crippen LogP contribution is -2.01. The Hall–Kier alpha value is -2.89. The minimum absolute atomic E-state index is 0.777. The maximum absolute atomic E-state index is 5.58. The normalized spacial score (nSPS) is 9.69. The van der Waals surface area contributed by atoms with Crippen LogP contribution in [-0.2, 0) is 0 Å². The van der Waals surface area contributed by atoms with Crippen LogP contribution in [0.2, 0.25) is 0 Å². The molecular formula is C24H21OP. The Morgan fingerprint density at radius 2 is 0.692 bits per heavy atom. The van der Waals surface area contributed by atoms with Crippen LogP contribution in [0, 0.1) is 0 Å². The Kier molecular flexibility index (Phi) is 7.02. The molecule has 0 aliphatic carbocycles. The van der Waals surface area contributed by atoms with Crippen molar-refractivity contribution >= 4 is 19.2 Å². The van der Waals surface area contributed by atoms with E-state index in [2.05, 4.69) is 60.7 Å². The van der Waals surface area contributed by atoms with Gasteiger partial charge in [-0.05, 0) is 34.9 Å². The van der Waals surface area contributed by atoms with Gasteiger partial charge in [0.05, 0.1) is 0 Å². The standard InChI is InChI=1S/C12H10O.C12H11P/c2*1-3-7-11(8-4-1)13-12-9-5-2-6-10-12/h1-10H;1-10,13H. The van der Waals surface area contributed by atoms with Gasteiger partial charge in [0.25, 0.3) is 0 Å². The molecule has 0 saturated heterocycles. The highest BCUT2D eigenvalue weighted by molar-refractivity contribution is 7.55. The van der Waals surface area contributed by atoms with Crippen LogP contribution in [0.5, 0.6) is 11.5 Å². The summed E-state index contributed by atoms with van der Waals surface area (Å²) in [6.07, 6.45) is 0. The maximum atomic E-state index is 5.58. The zero-order valence-electron chi connectivity index (χ0n) is 14.5. The number of benzene rings is 4. The van der Waals surface area contributed by atoms with Crippen molar-refractivity contribution in [2.75, 3.05) is 0 Å². The van der Waals surface area contributed by atoms with Gasteiger partial charge in [-0.3, -0.25) is 0 Å². The summed E-state index contributed by atoms with van der Waals surface area (Å²) in [5, 5.41) is 2.79. The van der Waals surface area contributed by atoms with Crippen LogP contribution in [0.25, 0.3) is 0 Å². The Balaban J connectivity index is 0.000000151. The topological polar surface area (TPSA) is 9.23 Å². The molecule has 0 unspecified atom stereocenters. The molecule has 0 N–H and O–H groups in total. The van der Waals surface area contributed by atoms with Crippen molar-refractivity contribution in [2.24, 2.45) is 0 Å². The van der Waals surface area contributed by atoms with Crippen LogP contribution in [0.15, 0.2) is 121 Å². The van der Waals surface area contributed by atoms with Crippen LogP contribution in [0.3, 0.4) is 0 Å². The Morgan fingerprint density at radius 3 is 1.04 bits per heavy atom. The second kappa shape index (κ2) is 10.2. The zero-order chi connectivity index (χ0) is 17.9. The van der Waals surface area contributed by atoms with E-state index in [-0.39, 0.29) is 0 Å². The molecule has 4 aromatic carbocycles. The molecule has 0 aromatic heterocycles. The molecule has 0 saturated carbocycles. The average molecular weight is 356 g/mol. The van der Waals surface area contributed by atoms with E-state index in [1.807, 2.05) is 60.7 Å². The Labute approximate surface area is 157 Å². The van der Waals surface area contributed by atoms with E-state index in [1.165, 1.54) is 10.6 Å². The van der Waals surface area contributed by atoms with Crippen molar-refractivity contribution in [3.8, 4) is 11.5 Å². The van der Waals surface area contributed by atoms with Crippen LogP contribution in [-0.4, -0.2) is 0 Å². The van der Waals surface area contributed by atoms with E-state index in [0.717, 1.165) is 20.1 Å². The second-order valence-electron chi connectivity index (χ2n) is 5.59. The molecule has 4 rings (SSSR count). The van der Waals surface area contributed by atoms with Gasteiger partial charge in [-0.15, -0.1) is 0 Å².